The summed E-state index contributed by atoms with van der Waals surface area (Å²) in [5, 5.41) is 8.88. The van der Waals surface area contributed by atoms with Gasteiger partial charge >= 0.3 is 0 Å². The first kappa shape index (κ1) is 18.7. The monoisotopic (exact) mass is 366 g/mol. The van der Waals surface area contributed by atoms with Crippen LogP contribution in [0.5, 0.6) is 0 Å². The second kappa shape index (κ2) is 9.01. The number of carbonyl (C=O) groups is 2. The summed E-state index contributed by atoms with van der Waals surface area (Å²) < 4.78 is 4.97. The summed E-state index contributed by atoms with van der Waals surface area (Å²) in [7, 11) is 0. The quantitative estimate of drug-likeness (QED) is 0.781. The van der Waals surface area contributed by atoms with Gasteiger partial charge in [-0.1, -0.05) is 18.2 Å². The van der Waals surface area contributed by atoms with Gasteiger partial charge in [0.1, 0.15) is 6.26 Å². The van der Waals surface area contributed by atoms with E-state index in [1.165, 1.54) is 12.5 Å². The summed E-state index contributed by atoms with van der Waals surface area (Å²) in [4.78, 5) is 30.6. The molecule has 1 aliphatic heterocycles. The third-order valence-electron chi connectivity index (χ3n) is 4.60. The number of rotatable bonds is 6. The van der Waals surface area contributed by atoms with Crippen LogP contribution < -0.4 is 4.90 Å². The molecule has 0 spiro atoms. The Balaban J connectivity index is 1.56. The van der Waals surface area contributed by atoms with Crippen LogP contribution in [0.25, 0.3) is 0 Å². The molecular weight excluding hydrogens is 344 g/mol. The highest BCUT2D eigenvalue weighted by Gasteiger charge is 2.25. The van der Waals surface area contributed by atoms with Crippen molar-refractivity contribution in [1.82, 2.24) is 9.80 Å². The number of hydrogen-bond acceptors (Lipinski definition) is 5. The maximum Gasteiger partial charge on any atom is 0.257 e. The molecule has 0 bridgehead atoms. The minimum Gasteiger partial charge on any atom is -0.472 e. The fraction of sp³-hybridized carbons (Fsp3) is 0.350. The lowest BCUT2D eigenvalue weighted by Gasteiger charge is -2.35. The Morgan fingerprint density at radius 2 is 1.85 bits per heavy atom. The number of piperazine rings is 1. The van der Waals surface area contributed by atoms with E-state index in [2.05, 4.69) is 6.07 Å². The molecule has 2 amide bonds. The van der Waals surface area contributed by atoms with Gasteiger partial charge in [-0.25, -0.2) is 0 Å². The van der Waals surface area contributed by atoms with Crippen molar-refractivity contribution in [2.75, 3.05) is 44.2 Å². The number of amides is 2. The predicted molar refractivity (Wildman–Crippen MR) is 100 cm³/mol. The van der Waals surface area contributed by atoms with E-state index in [-0.39, 0.29) is 24.8 Å². The molecule has 1 fully saturated rings. The van der Waals surface area contributed by atoms with Gasteiger partial charge < -0.3 is 14.2 Å². The summed E-state index contributed by atoms with van der Waals surface area (Å²) in [5.74, 6) is -0.0827. The van der Waals surface area contributed by atoms with Crippen LogP contribution in [-0.2, 0) is 4.79 Å². The average Bonchev–Trinajstić information content (AvgIpc) is 3.24. The van der Waals surface area contributed by atoms with Crippen LogP contribution in [0.1, 0.15) is 16.8 Å². The van der Waals surface area contributed by atoms with Crippen LogP contribution in [0.15, 0.2) is 53.3 Å². The first-order valence-corrected chi connectivity index (χ1v) is 8.95. The lowest BCUT2D eigenvalue weighted by Crippen LogP contribution is -2.51. The molecule has 1 aliphatic rings. The van der Waals surface area contributed by atoms with E-state index in [1.54, 1.807) is 15.9 Å². The van der Waals surface area contributed by atoms with E-state index in [0.29, 0.717) is 38.3 Å². The number of benzene rings is 1. The standard InChI is InChI=1S/C20H22N4O3/c21-8-4-9-24(18-5-2-1-3-6-18)19(25)15-22-10-12-23(13-11-22)20(26)17-7-14-27-16-17/h1-3,5-7,14,16H,4,9-13,15H2. The van der Waals surface area contributed by atoms with Gasteiger partial charge in [0.05, 0.1) is 30.9 Å². The molecule has 7 nitrogen and oxygen atoms in total. The highest BCUT2D eigenvalue weighted by atomic mass is 16.3. The first-order chi connectivity index (χ1) is 13.2. The molecule has 2 aromatic rings. The first-order valence-electron chi connectivity index (χ1n) is 8.95. The molecule has 140 valence electrons. The van der Waals surface area contributed by atoms with Gasteiger partial charge in [-0.3, -0.25) is 14.5 Å². The zero-order valence-electron chi connectivity index (χ0n) is 15.1. The molecule has 0 N–H and O–H groups in total. The summed E-state index contributed by atoms with van der Waals surface area (Å²) in [5.41, 5.74) is 1.35. The van der Waals surface area contributed by atoms with Crippen LogP contribution in [0.2, 0.25) is 0 Å². The lowest BCUT2D eigenvalue weighted by molar-refractivity contribution is -0.120. The second-order valence-electron chi connectivity index (χ2n) is 6.37. The van der Waals surface area contributed by atoms with Gasteiger partial charge in [-0.15, -0.1) is 0 Å². The zero-order valence-corrected chi connectivity index (χ0v) is 15.1. The number of anilines is 1. The van der Waals surface area contributed by atoms with Crippen molar-refractivity contribution in [3.8, 4) is 6.07 Å². The lowest BCUT2D eigenvalue weighted by atomic mass is 10.2. The third kappa shape index (κ3) is 4.74. The molecule has 27 heavy (non-hydrogen) atoms. The molecule has 0 aliphatic carbocycles. The molecule has 7 heteroatoms. The topological polar surface area (TPSA) is 80.8 Å². The van der Waals surface area contributed by atoms with E-state index >= 15 is 0 Å². The Kier molecular flexibility index (Phi) is 6.23. The predicted octanol–water partition coefficient (Wildman–Crippen LogP) is 1.98. The van der Waals surface area contributed by atoms with Crippen LogP contribution >= 0.6 is 0 Å². The van der Waals surface area contributed by atoms with Crippen molar-refractivity contribution >= 4 is 17.5 Å². The Bertz CT molecular complexity index is 790. The van der Waals surface area contributed by atoms with Crippen molar-refractivity contribution in [2.45, 2.75) is 6.42 Å². The van der Waals surface area contributed by atoms with E-state index in [4.69, 9.17) is 9.68 Å². The van der Waals surface area contributed by atoms with Gasteiger partial charge in [0, 0.05) is 38.4 Å². The molecule has 1 aromatic carbocycles. The summed E-state index contributed by atoms with van der Waals surface area (Å²) in [6.07, 6.45) is 3.22. The molecule has 1 saturated heterocycles. The highest BCUT2D eigenvalue weighted by molar-refractivity contribution is 5.95. The van der Waals surface area contributed by atoms with Crippen molar-refractivity contribution in [2.24, 2.45) is 0 Å². The number of carbonyl (C=O) groups excluding carboxylic acids is 2. The third-order valence-corrected chi connectivity index (χ3v) is 4.60. The molecule has 0 radical (unpaired) electrons. The molecule has 0 unspecified atom stereocenters. The van der Waals surface area contributed by atoms with Crippen LogP contribution in [0.4, 0.5) is 5.69 Å². The Morgan fingerprint density at radius 3 is 2.48 bits per heavy atom. The van der Waals surface area contributed by atoms with Gasteiger partial charge in [-0.2, -0.15) is 5.26 Å². The normalized spacial score (nSPS) is 14.6. The van der Waals surface area contributed by atoms with Crippen molar-refractivity contribution < 1.29 is 14.0 Å². The number of nitrogens with zero attached hydrogens (tertiary/aromatic N) is 4. The summed E-state index contributed by atoms with van der Waals surface area (Å²) in [6, 6.07) is 13.2. The Morgan fingerprint density at radius 1 is 1.11 bits per heavy atom. The minimum absolute atomic E-state index is 0.0361. The second-order valence-corrected chi connectivity index (χ2v) is 6.37. The van der Waals surface area contributed by atoms with E-state index < -0.39 is 0 Å². The fourth-order valence-electron chi connectivity index (χ4n) is 3.12. The van der Waals surface area contributed by atoms with Crippen molar-refractivity contribution in [3.63, 3.8) is 0 Å². The van der Waals surface area contributed by atoms with Crippen LogP contribution in [0, 0.1) is 11.3 Å². The smallest absolute Gasteiger partial charge is 0.257 e. The number of nitriles is 1. The minimum atomic E-state index is -0.0466. The van der Waals surface area contributed by atoms with Gasteiger partial charge in [0.15, 0.2) is 0 Å². The van der Waals surface area contributed by atoms with Gasteiger partial charge in [-0.05, 0) is 18.2 Å². The summed E-state index contributed by atoms with van der Waals surface area (Å²) in [6.45, 7) is 3.06. The number of hydrogen-bond donors (Lipinski definition) is 0. The average molecular weight is 366 g/mol. The maximum absolute atomic E-state index is 12.8. The molecule has 0 saturated carbocycles. The molecular formula is C20H22N4O3. The SMILES string of the molecule is N#CCCN(C(=O)CN1CCN(C(=O)c2ccoc2)CC1)c1ccccc1. The van der Waals surface area contributed by atoms with E-state index in [9.17, 15) is 9.59 Å². The number of para-hydroxylation sites is 1. The highest BCUT2D eigenvalue weighted by Crippen LogP contribution is 2.15. The Hall–Kier alpha value is -3.11. The molecule has 3 rings (SSSR count). The van der Waals surface area contributed by atoms with Gasteiger partial charge in [0.2, 0.25) is 5.91 Å². The molecule has 1 aromatic heterocycles. The Labute approximate surface area is 158 Å². The van der Waals surface area contributed by atoms with E-state index in [0.717, 1.165) is 5.69 Å². The maximum atomic E-state index is 12.8. The largest absolute Gasteiger partial charge is 0.472 e. The fourth-order valence-corrected chi connectivity index (χ4v) is 3.12. The van der Waals surface area contributed by atoms with Gasteiger partial charge in [0.25, 0.3) is 5.91 Å². The zero-order chi connectivity index (χ0) is 19.1. The van der Waals surface area contributed by atoms with Crippen molar-refractivity contribution in [1.29, 1.82) is 5.26 Å². The molecule has 0 atom stereocenters. The van der Waals surface area contributed by atoms with E-state index in [1.807, 2.05) is 35.2 Å². The van der Waals surface area contributed by atoms with Crippen LogP contribution in [0.3, 0.4) is 0 Å². The summed E-state index contributed by atoms with van der Waals surface area (Å²) >= 11 is 0. The van der Waals surface area contributed by atoms with Crippen LogP contribution in [-0.4, -0.2) is 60.9 Å². The molecule has 2 heterocycles. The number of furan rings is 1. The van der Waals surface area contributed by atoms with Crippen molar-refractivity contribution in [3.05, 3.63) is 54.5 Å².